The summed E-state index contributed by atoms with van der Waals surface area (Å²) in [6.07, 6.45) is 2.39. The molecule has 18 heavy (non-hydrogen) atoms. The number of benzene rings is 1. The van der Waals surface area contributed by atoms with E-state index in [1.165, 1.54) is 30.8 Å². The van der Waals surface area contributed by atoms with E-state index in [9.17, 15) is 0 Å². The molecule has 1 aromatic rings. The average molecular weight is 264 g/mol. The van der Waals surface area contributed by atoms with E-state index in [1.54, 1.807) is 0 Å². The van der Waals surface area contributed by atoms with Crippen LogP contribution >= 0.6 is 11.8 Å². The van der Waals surface area contributed by atoms with Gasteiger partial charge in [-0.15, -0.1) is 0 Å². The summed E-state index contributed by atoms with van der Waals surface area (Å²) in [6.45, 7) is 8.32. The van der Waals surface area contributed by atoms with Crippen LogP contribution in [-0.4, -0.2) is 35.0 Å². The van der Waals surface area contributed by atoms with E-state index in [-0.39, 0.29) is 0 Å². The molecule has 1 saturated heterocycles. The number of hydrogen-bond acceptors (Lipinski definition) is 3. The molecule has 2 rings (SSSR count). The lowest BCUT2D eigenvalue weighted by Gasteiger charge is -2.22. The zero-order valence-corrected chi connectivity index (χ0v) is 12.3. The van der Waals surface area contributed by atoms with Crippen LogP contribution in [0.3, 0.4) is 0 Å². The van der Waals surface area contributed by atoms with Crippen molar-refractivity contribution < 1.29 is 0 Å². The number of nitrogens with zero attached hydrogens (tertiary/aromatic N) is 1. The topological polar surface area (TPSA) is 29.3 Å². The van der Waals surface area contributed by atoms with E-state index in [1.807, 2.05) is 12.1 Å². The average Bonchev–Trinajstić information content (AvgIpc) is 2.48. The van der Waals surface area contributed by atoms with Crippen LogP contribution in [0.5, 0.6) is 0 Å². The van der Waals surface area contributed by atoms with Gasteiger partial charge in [0.25, 0.3) is 0 Å². The fourth-order valence-electron chi connectivity index (χ4n) is 2.32. The van der Waals surface area contributed by atoms with Gasteiger partial charge in [-0.25, -0.2) is 0 Å². The highest BCUT2D eigenvalue weighted by molar-refractivity contribution is 8.00. The monoisotopic (exact) mass is 264 g/mol. The molecule has 0 radical (unpaired) electrons. The Morgan fingerprint density at radius 2 is 2.17 bits per heavy atom. The summed E-state index contributed by atoms with van der Waals surface area (Å²) >= 11 is 2.11. The second kappa shape index (κ2) is 5.98. The van der Waals surface area contributed by atoms with Crippen molar-refractivity contribution in [3.63, 3.8) is 0 Å². The predicted molar refractivity (Wildman–Crippen MR) is 82.2 cm³/mol. The minimum absolute atomic E-state index is 0.450. The SMILES string of the molecule is CC1(C)CCN(CCc2cccc(N)c2)CCS1. The van der Waals surface area contributed by atoms with E-state index in [0.29, 0.717) is 4.75 Å². The molecule has 0 aromatic heterocycles. The first-order chi connectivity index (χ1) is 8.55. The molecule has 0 saturated carbocycles. The molecule has 1 heterocycles. The first kappa shape index (κ1) is 13.8. The normalized spacial score (nSPS) is 20.6. The van der Waals surface area contributed by atoms with Crippen molar-refractivity contribution in [2.75, 3.05) is 31.1 Å². The number of rotatable bonds is 3. The maximum atomic E-state index is 5.81. The molecule has 2 nitrogen and oxygen atoms in total. The minimum atomic E-state index is 0.450. The zero-order valence-electron chi connectivity index (χ0n) is 11.5. The van der Waals surface area contributed by atoms with Gasteiger partial charge < -0.3 is 10.6 Å². The van der Waals surface area contributed by atoms with E-state index < -0.39 is 0 Å². The molecule has 0 atom stereocenters. The van der Waals surface area contributed by atoms with Crippen LogP contribution in [0.25, 0.3) is 0 Å². The quantitative estimate of drug-likeness (QED) is 0.851. The molecule has 1 aliphatic rings. The van der Waals surface area contributed by atoms with Crippen LogP contribution in [0.4, 0.5) is 5.69 Å². The molecule has 0 aliphatic carbocycles. The third kappa shape index (κ3) is 4.21. The Labute approximate surface area is 115 Å². The fraction of sp³-hybridized carbons (Fsp3) is 0.600. The molecular formula is C15H24N2S. The van der Waals surface area contributed by atoms with E-state index >= 15 is 0 Å². The number of hydrogen-bond donors (Lipinski definition) is 1. The summed E-state index contributed by atoms with van der Waals surface area (Å²) in [4.78, 5) is 2.59. The van der Waals surface area contributed by atoms with Crippen LogP contribution in [0, 0.1) is 0 Å². The number of nitrogens with two attached hydrogens (primary N) is 1. The molecule has 0 unspecified atom stereocenters. The summed E-state index contributed by atoms with van der Waals surface area (Å²) in [7, 11) is 0. The van der Waals surface area contributed by atoms with Crippen molar-refractivity contribution in [1.82, 2.24) is 4.90 Å². The molecule has 100 valence electrons. The molecule has 0 amide bonds. The van der Waals surface area contributed by atoms with Gasteiger partial charge in [0.05, 0.1) is 0 Å². The van der Waals surface area contributed by atoms with Crippen molar-refractivity contribution in [3.8, 4) is 0 Å². The second-order valence-electron chi connectivity index (χ2n) is 5.69. The van der Waals surface area contributed by atoms with Crippen molar-refractivity contribution >= 4 is 17.4 Å². The summed E-state index contributed by atoms with van der Waals surface area (Å²) in [6, 6.07) is 8.27. The molecule has 3 heteroatoms. The van der Waals surface area contributed by atoms with E-state index in [0.717, 1.165) is 18.7 Å². The Hall–Kier alpha value is -0.670. The van der Waals surface area contributed by atoms with Gasteiger partial charge >= 0.3 is 0 Å². The van der Waals surface area contributed by atoms with Crippen LogP contribution in [0.1, 0.15) is 25.8 Å². The van der Waals surface area contributed by atoms with Crippen LogP contribution < -0.4 is 5.73 Å². The molecule has 0 bridgehead atoms. The third-order valence-corrected chi connectivity index (χ3v) is 4.97. The van der Waals surface area contributed by atoms with Gasteiger partial charge in [-0.3, -0.25) is 0 Å². The smallest absolute Gasteiger partial charge is 0.0316 e. The van der Waals surface area contributed by atoms with Crippen molar-refractivity contribution in [1.29, 1.82) is 0 Å². The Kier molecular flexibility index (Phi) is 4.57. The van der Waals surface area contributed by atoms with Crippen molar-refractivity contribution in [3.05, 3.63) is 29.8 Å². The maximum Gasteiger partial charge on any atom is 0.0316 e. The highest BCUT2D eigenvalue weighted by Crippen LogP contribution is 2.30. The molecule has 1 fully saturated rings. The molecular weight excluding hydrogens is 240 g/mol. The molecule has 1 aromatic carbocycles. The second-order valence-corrected chi connectivity index (χ2v) is 7.50. The van der Waals surface area contributed by atoms with Gasteiger partial charge in [-0.05, 0) is 37.1 Å². The molecule has 2 N–H and O–H groups in total. The first-order valence-electron chi connectivity index (χ1n) is 6.76. The molecule has 0 spiro atoms. The summed E-state index contributed by atoms with van der Waals surface area (Å²) < 4.78 is 0.450. The summed E-state index contributed by atoms with van der Waals surface area (Å²) in [5.74, 6) is 1.25. The van der Waals surface area contributed by atoms with Crippen LogP contribution in [0.15, 0.2) is 24.3 Å². The highest BCUT2D eigenvalue weighted by Gasteiger charge is 2.23. The lowest BCUT2D eigenvalue weighted by molar-refractivity contribution is 0.288. The van der Waals surface area contributed by atoms with Crippen molar-refractivity contribution in [2.45, 2.75) is 31.4 Å². The number of anilines is 1. The minimum Gasteiger partial charge on any atom is -0.399 e. The summed E-state index contributed by atoms with van der Waals surface area (Å²) in [5.41, 5.74) is 8.04. The van der Waals surface area contributed by atoms with Crippen LogP contribution in [0.2, 0.25) is 0 Å². The highest BCUT2D eigenvalue weighted by atomic mass is 32.2. The maximum absolute atomic E-state index is 5.81. The Morgan fingerprint density at radius 1 is 1.33 bits per heavy atom. The van der Waals surface area contributed by atoms with Gasteiger partial charge in [0.1, 0.15) is 0 Å². The van der Waals surface area contributed by atoms with Gasteiger partial charge in [-0.2, -0.15) is 11.8 Å². The lowest BCUT2D eigenvalue weighted by Crippen LogP contribution is -2.29. The standard InChI is InChI=1S/C15H24N2S/c1-15(2)7-9-17(10-11-18-15)8-6-13-4-3-5-14(16)12-13/h3-5,12H,6-11,16H2,1-2H3. The Bertz CT molecular complexity index is 390. The van der Waals surface area contributed by atoms with Crippen LogP contribution in [-0.2, 0) is 6.42 Å². The van der Waals surface area contributed by atoms with Gasteiger partial charge in [0, 0.05) is 29.3 Å². The molecule has 1 aliphatic heterocycles. The fourth-order valence-corrected chi connectivity index (χ4v) is 3.46. The first-order valence-corrected chi connectivity index (χ1v) is 7.74. The van der Waals surface area contributed by atoms with E-state index in [2.05, 4.69) is 42.6 Å². The lowest BCUT2D eigenvalue weighted by atomic mass is 10.1. The van der Waals surface area contributed by atoms with Gasteiger partial charge in [0.15, 0.2) is 0 Å². The van der Waals surface area contributed by atoms with E-state index in [4.69, 9.17) is 5.73 Å². The van der Waals surface area contributed by atoms with Gasteiger partial charge in [-0.1, -0.05) is 26.0 Å². The number of nitrogen functional groups attached to an aromatic ring is 1. The van der Waals surface area contributed by atoms with Gasteiger partial charge in [0.2, 0.25) is 0 Å². The Balaban J connectivity index is 1.83. The zero-order chi connectivity index (χ0) is 13.0. The number of thioether (sulfide) groups is 1. The largest absolute Gasteiger partial charge is 0.399 e. The third-order valence-electron chi connectivity index (χ3n) is 3.60. The Morgan fingerprint density at radius 3 is 2.94 bits per heavy atom. The summed E-state index contributed by atoms with van der Waals surface area (Å²) in [5, 5.41) is 0. The predicted octanol–water partition coefficient (Wildman–Crippen LogP) is 3.03. The van der Waals surface area contributed by atoms with Crippen molar-refractivity contribution in [2.24, 2.45) is 0 Å².